The van der Waals surface area contributed by atoms with Gasteiger partial charge in [-0.3, -0.25) is 4.90 Å². The van der Waals surface area contributed by atoms with Crippen molar-refractivity contribution in [1.82, 2.24) is 4.90 Å². The van der Waals surface area contributed by atoms with Crippen LogP contribution >= 0.6 is 0 Å². The molecule has 1 aromatic carbocycles. The van der Waals surface area contributed by atoms with Gasteiger partial charge in [-0.1, -0.05) is 25.1 Å². The lowest BCUT2D eigenvalue weighted by Gasteiger charge is -2.68. The first-order valence-corrected chi connectivity index (χ1v) is 14.4. The number of methoxy groups -OCH3 is 2. The van der Waals surface area contributed by atoms with Gasteiger partial charge in [0.2, 0.25) is 0 Å². The van der Waals surface area contributed by atoms with Crippen LogP contribution in [-0.2, 0) is 14.2 Å². The number of aliphatic hydroxyl groups is 3. The SMILES string of the molecule is CCN1C[C@]2(COC)CCC(O)[C@]34C1C(C(O)[C@H]23)[C@@]1(O)CC(OC)[C@H]2C[C@@H]4[C@@H]1C2OC(=O)c1ccccc1. The Kier molecular flexibility index (Phi) is 5.67. The first kappa shape index (κ1) is 25.4. The van der Waals surface area contributed by atoms with Gasteiger partial charge in [-0.2, -0.15) is 0 Å². The molecule has 1 heterocycles. The summed E-state index contributed by atoms with van der Waals surface area (Å²) in [4.78, 5) is 15.8. The number of esters is 1. The molecule has 38 heavy (non-hydrogen) atoms. The zero-order valence-electron chi connectivity index (χ0n) is 22.5. The lowest BCUT2D eigenvalue weighted by molar-refractivity contribution is -0.272. The summed E-state index contributed by atoms with van der Waals surface area (Å²) in [5.41, 5.74) is -1.68. The number of aliphatic hydroxyl groups excluding tert-OH is 2. The van der Waals surface area contributed by atoms with Gasteiger partial charge in [0.05, 0.1) is 36.1 Å². The second-order valence-corrected chi connectivity index (χ2v) is 13.1. The Bertz CT molecular complexity index is 1100. The highest BCUT2D eigenvalue weighted by molar-refractivity contribution is 5.89. The van der Waals surface area contributed by atoms with E-state index in [0.29, 0.717) is 31.4 Å². The molecule has 6 unspecified atom stereocenters. The molecule has 0 amide bonds. The van der Waals surface area contributed by atoms with Crippen LogP contribution in [0.1, 0.15) is 43.0 Å². The molecule has 6 aliphatic rings. The molecule has 0 radical (unpaired) electrons. The number of benzene rings is 1. The molecular formula is C30H41NO7. The van der Waals surface area contributed by atoms with Crippen molar-refractivity contribution in [2.75, 3.05) is 33.9 Å². The number of ether oxygens (including phenoxy) is 3. The number of carbonyl (C=O) groups excluding carboxylic acids is 1. The van der Waals surface area contributed by atoms with Crippen LogP contribution in [0.4, 0.5) is 0 Å². The maximum absolute atomic E-state index is 13.3. The van der Waals surface area contributed by atoms with Gasteiger partial charge in [0, 0.05) is 67.7 Å². The summed E-state index contributed by atoms with van der Waals surface area (Å²) in [6.07, 6.45) is 0.326. The van der Waals surface area contributed by atoms with Crippen molar-refractivity contribution in [1.29, 1.82) is 0 Å². The Morgan fingerprint density at radius 1 is 1.16 bits per heavy atom. The van der Waals surface area contributed by atoms with Gasteiger partial charge in [-0.25, -0.2) is 4.79 Å². The predicted molar refractivity (Wildman–Crippen MR) is 137 cm³/mol. The number of carbonyl (C=O) groups is 1. The number of hydrogen-bond donors (Lipinski definition) is 3. The molecule has 7 rings (SSSR count). The van der Waals surface area contributed by atoms with E-state index in [1.807, 2.05) is 18.2 Å². The maximum Gasteiger partial charge on any atom is 0.338 e. The molecule has 5 saturated carbocycles. The second-order valence-electron chi connectivity index (χ2n) is 13.1. The van der Waals surface area contributed by atoms with Gasteiger partial charge in [-0.15, -0.1) is 0 Å². The number of fused-ring (bicyclic) bond motifs is 2. The first-order valence-electron chi connectivity index (χ1n) is 14.4. The normalized spacial score (nSPS) is 52.2. The highest BCUT2D eigenvalue weighted by atomic mass is 16.6. The molecule has 8 heteroatoms. The zero-order chi connectivity index (χ0) is 26.6. The van der Waals surface area contributed by atoms with E-state index in [2.05, 4.69) is 11.8 Å². The van der Waals surface area contributed by atoms with Crippen molar-refractivity contribution in [2.24, 2.45) is 40.4 Å². The number of nitrogens with zero attached hydrogens (tertiary/aromatic N) is 1. The topological polar surface area (TPSA) is 109 Å². The summed E-state index contributed by atoms with van der Waals surface area (Å²) in [7, 11) is 3.38. The minimum absolute atomic E-state index is 0.0736. The van der Waals surface area contributed by atoms with Gasteiger partial charge < -0.3 is 29.5 Å². The van der Waals surface area contributed by atoms with Crippen molar-refractivity contribution in [3.63, 3.8) is 0 Å². The highest BCUT2D eigenvalue weighted by Gasteiger charge is 2.86. The molecule has 8 nitrogen and oxygen atoms in total. The largest absolute Gasteiger partial charge is 0.458 e. The molecule has 3 N–H and O–H groups in total. The van der Waals surface area contributed by atoms with Gasteiger partial charge >= 0.3 is 5.97 Å². The molecule has 208 valence electrons. The van der Waals surface area contributed by atoms with E-state index in [0.717, 1.165) is 19.5 Å². The zero-order valence-corrected chi connectivity index (χ0v) is 22.5. The minimum Gasteiger partial charge on any atom is -0.458 e. The van der Waals surface area contributed by atoms with Crippen molar-refractivity contribution < 1.29 is 34.3 Å². The molecule has 5 aliphatic carbocycles. The van der Waals surface area contributed by atoms with E-state index < -0.39 is 41.2 Å². The third-order valence-corrected chi connectivity index (χ3v) is 12.1. The quantitative estimate of drug-likeness (QED) is 0.480. The molecule has 0 aromatic heterocycles. The number of likely N-dealkylation sites (tertiary alicyclic amines) is 1. The van der Waals surface area contributed by atoms with Crippen molar-refractivity contribution in [3.8, 4) is 0 Å². The lowest BCUT2D eigenvalue weighted by Crippen LogP contribution is -2.76. The van der Waals surface area contributed by atoms with E-state index in [1.54, 1.807) is 26.4 Å². The van der Waals surface area contributed by atoms with Gasteiger partial charge in [0.15, 0.2) is 0 Å². The maximum atomic E-state index is 13.3. The van der Waals surface area contributed by atoms with Crippen molar-refractivity contribution in [3.05, 3.63) is 35.9 Å². The summed E-state index contributed by atoms with van der Waals surface area (Å²) in [5, 5.41) is 37.1. The molecule has 7 bridgehead atoms. The number of piperidine rings is 1. The van der Waals surface area contributed by atoms with Crippen LogP contribution in [0, 0.1) is 40.4 Å². The van der Waals surface area contributed by atoms with Gasteiger partial charge in [0.1, 0.15) is 6.10 Å². The monoisotopic (exact) mass is 527 g/mol. The molecule has 1 saturated heterocycles. The van der Waals surface area contributed by atoms with Crippen molar-refractivity contribution >= 4 is 5.97 Å². The fourth-order valence-electron chi connectivity index (χ4n) is 11.3. The van der Waals surface area contributed by atoms with Gasteiger partial charge in [-0.05, 0) is 43.9 Å². The molecule has 1 aliphatic heterocycles. The van der Waals surface area contributed by atoms with E-state index in [-0.39, 0.29) is 41.2 Å². The van der Waals surface area contributed by atoms with E-state index in [9.17, 15) is 20.1 Å². The highest BCUT2D eigenvalue weighted by Crippen LogP contribution is 2.79. The van der Waals surface area contributed by atoms with Gasteiger partial charge in [0.25, 0.3) is 0 Å². The number of rotatable bonds is 6. The van der Waals surface area contributed by atoms with Crippen LogP contribution in [0.15, 0.2) is 30.3 Å². The smallest absolute Gasteiger partial charge is 0.338 e. The first-order chi connectivity index (χ1) is 18.3. The fourth-order valence-corrected chi connectivity index (χ4v) is 11.3. The van der Waals surface area contributed by atoms with Crippen LogP contribution in [-0.4, -0.2) is 96.2 Å². The average Bonchev–Trinajstić information content (AvgIpc) is 3.34. The van der Waals surface area contributed by atoms with Crippen LogP contribution in [0.3, 0.4) is 0 Å². The summed E-state index contributed by atoms with van der Waals surface area (Å²) in [6.45, 7) is 4.23. The van der Waals surface area contributed by atoms with E-state index >= 15 is 0 Å². The Labute approximate surface area is 224 Å². The third-order valence-electron chi connectivity index (χ3n) is 12.1. The fraction of sp³-hybridized carbons (Fsp3) is 0.767. The van der Waals surface area contributed by atoms with E-state index in [4.69, 9.17) is 14.2 Å². The summed E-state index contributed by atoms with van der Waals surface area (Å²) in [5.74, 6) is -1.58. The Balaban J connectivity index is 1.39. The summed E-state index contributed by atoms with van der Waals surface area (Å²) >= 11 is 0. The Hall–Kier alpha value is -1.55. The predicted octanol–water partition coefficient (Wildman–Crippen LogP) is 1.71. The lowest BCUT2D eigenvalue weighted by atomic mass is 9.43. The van der Waals surface area contributed by atoms with Crippen LogP contribution < -0.4 is 0 Å². The third kappa shape index (κ3) is 2.84. The second kappa shape index (κ2) is 8.48. The summed E-state index contributed by atoms with van der Waals surface area (Å²) in [6, 6.07) is 8.85. The average molecular weight is 528 g/mol. The van der Waals surface area contributed by atoms with Crippen LogP contribution in [0.2, 0.25) is 0 Å². The van der Waals surface area contributed by atoms with Crippen molar-refractivity contribution in [2.45, 2.75) is 68.7 Å². The Morgan fingerprint density at radius 2 is 1.92 bits per heavy atom. The van der Waals surface area contributed by atoms with Crippen LogP contribution in [0.5, 0.6) is 0 Å². The molecular weight excluding hydrogens is 486 g/mol. The summed E-state index contributed by atoms with van der Waals surface area (Å²) < 4.78 is 18.1. The molecule has 1 spiro atoms. The minimum atomic E-state index is -1.27. The molecule has 6 fully saturated rings. The Morgan fingerprint density at radius 3 is 2.61 bits per heavy atom. The standard InChI is InChI=1S/C30H41NO7/c1-4-31-14-28(15-36-2)11-10-20(32)30-18-12-17-19(37-3)13-29(35,22(26(30)31)23(33)25(28)30)21(18)24(17)38-27(34)16-8-6-5-7-9-16/h5-9,17-26,32-33,35H,4,10-15H2,1-3H3/t17-,18-,19?,20?,21-,22?,23?,24?,25-,26?,28+,29-,30+/m1/s1. The van der Waals surface area contributed by atoms with Crippen LogP contribution in [0.25, 0.3) is 0 Å². The van der Waals surface area contributed by atoms with E-state index in [1.165, 1.54) is 0 Å². The molecule has 1 aromatic rings. The number of hydrogen-bond acceptors (Lipinski definition) is 8. The molecule has 13 atom stereocenters.